The average Bonchev–Trinajstić information content (AvgIpc) is 2.59. The third-order valence-electron chi connectivity index (χ3n) is 2.91. The number of nitrogens with zero attached hydrogens (tertiary/aromatic N) is 1. The molecule has 1 aromatic rings. The molecule has 0 aliphatic rings. The molecule has 0 fully saturated rings. The number of rotatable bonds is 6. The maximum atomic E-state index is 11.8. The molecule has 0 saturated carbocycles. The lowest BCUT2D eigenvalue weighted by Gasteiger charge is -2.10. The first-order valence-corrected chi connectivity index (χ1v) is 6.73. The van der Waals surface area contributed by atoms with Gasteiger partial charge in [0.05, 0.1) is 31.0 Å². The molecule has 0 aliphatic carbocycles. The van der Waals surface area contributed by atoms with Crippen LogP contribution in [0.25, 0.3) is 0 Å². The Morgan fingerprint density at radius 1 is 1.04 bits per heavy atom. The molecule has 1 amide bonds. The fourth-order valence-electron chi connectivity index (χ4n) is 1.69. The van der Waals surface area contributed by atoms with E-state index in [0.29, 0.717) is 0 Å². The van der Waals surface area contributed by atoms with Crippen molar-refractivity contribution in [1.82, 2.24) is 5.32 Å². The zero-order valence-corrected chi connectivity index (χ0v) is 13.6. The number of carbonyl (C=O) groups excluding carboxylic acids is 4. The van der Waals surface area contributed by atoms with Crippen LogP contribution in [0, 0.1) is 0 Å². The summed E-state index contributed by atoms with van der Waals surface area (Å²) in [5.74, 6) is -2.59. The number of benzene rings is 1. The van der Waals surface area contributed by atoms with Gasteiger partial charge in [0.2, 0.25) is 0 Å². The molecule has 2 N–H and O–H groups in total. The summed E-state index contributed by atoms with van der Waals surface area (Å²) >= 11 is 0. The molecule has 128 valence electrons. The van der Waals surface area contributed by atoms with Gasteiger partial charge in [-0.25, -0.2) is 9.59 Å². The highest BCUT2D eigenvalue weighted by atomic mass is 16.5. The number of hydrogen-bond donors (Lipinski definition) is 2. The van der Waals surface area contributed by atoms with E-state index in [9.17, 15) is 19.2 Å². The summed E-state index contributed by atoms with van der Waals surface area (Å²) in [5.41, 5.74) is 2.34. The van der Waals surface area contributed by atoms with E-state index >= 15 is 0 Å². The van der Waals surface area contributed by atoms with Gasteiger partial charge in [0.25, 0.3) is 5.91 Å². The number of ether oxygens (including phenoxy) is 2. The molecule has 0 radical (unpaired) electrons. The summed E-state index contributed by atoms with van der Waals surface area (Å²) < 4.78 is 9.24. The summed E-state index contributed by atoms with van der Waals surface area (Å²) in [4.78, 5) is 46.4. The first-order valence-electron chi connectivity index (χ1n) is 6.73. The van der Waals surface area contributed by atoms with Crippen LogP contribution >= 0.6 is 0 Å². The Morgan fingerprint density at radius 3 is 2.17 bits per heavy atom. The fourth-order valence-corrected chi connectivity index (χ4v) is 1.69. The first-order chi connectivity index (χ1) is 11.3. The van der Waals surface area contributed by atoms with E-state index in [0.717, 1.165) is 0 Å². The van der Waals surface area contributed by atoms with Crippen molar-refractivity contribution < 1.29 is 28.7 Å². The summed E-state index contributed by atoms with van der Waals surface area (Å²) in [6.07, 6.45) is 0. The number of amides is 1. The first kappa shape index (κ1) is 18.8. The van der Waals surface area contributed by atoms with E-state index in [2.05, 4.69) is 25.3 Å². The Kier molecular flexibility index (Phi) is 6.60. The van der Waals surface area contributed by atoms with Crippen LogP contribution in [-0.2, 0) is 19.1 Å². The predicted molar refractivity (Wildman–Crippen MR) is 84.9 cm³/mol. The third kappa shape index (κ3) is 4.38. The van der Waals surface area contributed by atoms with Crippen molar-refractivity contribution in [2.45, 2.75) is 6.92 Å². The number of anilines is 1. The fraction of sp³-hybridized carbons (Fsp3) is 0.267. The van der Waals surface area contributed by atoms with Gasteiger partial charge in [-0.3, -0.25) is 15.0 Å². The second kappa shape index (κ2) is 8.42. The van der Waals surface area contributed by atoms with E-state index in [1.807, 2.05) is 0 Å². The van der Waals surface area contributed by atoms with E-state index < -0.39 is 29.3 Å². The van der Waals surface area contributed by atoms with E-state index in [1.54, 1.807) is 0 Å². The van der Waals surface area contributed by atoms with Crippen LogP contribution in [0.2, 0.25) is 0 Å². The molecule has 0 spiro atoms. The molecule has 0 aromatic heterocycles. The standard InChI is InChI=1S/C15H17N3O6/c1-8(19)12(13(20)16-2)18-17-11-7-9(14(21)23-3)5-6-10(11)15(22)24-4/h5-7,17H,1-4H3,(H,16,20)/b18-12-. The quantitative estimate of drug-likeness (QED) is 0.333. The lowest BCUT2D eigenvalue weighted by molar-refractivity contribution is -0.117. The number of carbonyl (C=O) groups is 4. The smallest absolute Gasteiger partial charge is 0.340 e. The van der Waals surface area contributed by atoms with Crippen LogP contribution in [0.15, 0.2) is 23.3 Å². The van der Waals surface area contributed by atoms with Gasteiger partial charge >= 0.3 is 11.9 Å². The van der Waals surface area contributed by atoms with Crippen LogP contribution in [0.1, 0.15) is 27.6 Å². The summed E-state index contributed by atoms with van der Waals surface area (Å²) in [7, 11) is 3.74. The number of hydrazone groups is 1. The molecule has 0 aliphatic heterocycles. The van der Waals surface area contributed by atoms with Gasteiger partial charge in [0, 0.05) is 14.0 Å². The largest absolute Gasteiger partial charge is 0.465 e. The number of methoxy groups -OCH3 is 2. The van der Waals surface area contributed by atoms with Gasteiger partial charge in [-0.05, 0) is 18.2 Å². The topological polar surface area (TPSA) is 123 Å². The maximum Gasteiger partial charge on any atom is 0.340 e. The van der Waals surface area contributed by atoms with Crippen molar-refractivity contribution in [3.63, 3.8) is 0 Å². The minimum Gasteiger partial charge on any atom is -0.465 e. The summed E-state index contributed by atoms with van der Waals surface area (Å²) in [6.45, 7) is 1.17. The van der Waals surface area contributed by atoms with Gasteiger partial charge in [0.1, 0.15) is 0 Å². The molecule has 9 heteroatoms. The zero-order valence-electron chi connectivity index (χ0n) is 13.6. The van der Waals surface area contributed by atoms with E-state index in [1.165, 1.54) is 46.4 Å². The molecule has 0 saturated heterocycles. The molecule has 9 nitrogen and oxygen atoms in total. The van der Waals surface area contributed by atoms with Gasteiger partial charge < -0.3 is 14.8 Å². The monoisotopic (exact) mass is 335 g/mol. The van der Waals surface area contributed by atoms with Gasteiger partial charge in [-0.15, -0.1) is 0 Å². The van der Waals surface area contributed by atoms with E-state index in [4.69, 9.17) is 0 Å². The zero-order chi connectivity index (χ0) is 18.3. The van der Waals surface area contributed by atoms with E-state index in [-0.39, 0.29) is 16.8 Å². The molecule has 0 heterocycles. The summed E-state index contributed by atoms with van der Waals surface area (Å²) in [6, 6.07) is 4.00. The van der Waals surface area contributed by atoms with Gasteiger partial charge in [0.15, 0.2) is 11.5 Å². The highest BCUT2D eigenvalue weighted by Crippen LogP contribution is 2.20. The van der Waals surface area contributed by atoms with Crippen LogP contribution in [0.3, 0.4) is 0 Å². The Bertz CT molecular complexity index is 711. The molecular weight excluding hydrogens is 318 g/mol. The van der Waals surface area contributed by atoms with Crippen molar-refractivity contribution in [2.75, 3.05) is 26.7 Å². The minimum atomic E-state index is -0.696. The number of ketones is 1. The number of esters is 2. The average molecular weight is 335 g/mol. The second-order valence-electron chi connectivity index (χ2n) is 4.45. The third-order valence-corrected chi connectivity index (χ3v) is 2.91. The molecule has 0 bridgehead atoms. The Balaban J connectivity index is 3.32. The molecule has 1 rings (SSSR count). The van der Waals surface area contributed by atoms with Crippen molar-refractivity contribution in [1.29, 1.82) is 0 Å². The molecular formula is C15H17N3O6. The Labute approximate surface area is 138 Å². The maximum absolute atomic E-state index is 11.8. The van der Waals surface area contributed by atoms with Crippen molar-refractivity contribution in [3.8, 4) is 0 Å². The summed E-state index contributed by atoms with van der Waals surface area (Å²) in [5, 5.41) is 5.99. The molecule has 0 atom stereocenters. The van der Waals surface area contributed by atoms with Crippen LogP contribution < -0.4 is 10.7 Å². The van der Waals surface area contributed by atoms with Crippen molar-refractivity contribution in [2.24, 2.45) is 5.10 Å². The lowest BCUT2D eigenvalue weighted by atomic mass is 10.1. The molecule has 0 unspecified atom stereocenters. The van der Waals surface area contributed by atoms with Crippen molar-refractivity contribution >= 4 is 35.0 Å². The highest BCUT2D eigenvalue weighted by molar-refractivity contribution is 6.65. The van der Waals surface area contributed by atoms with Crippen LogP contribution in [0.4, 0.5) is 5.69 Å². The number of nitrogens with one attached hydrogen (secondary N) is 2. The Morgan fingerprint density at radius 2 is 1.67 bits per heavy atom. The second-order valence-corrected chi connectivity index (χ2v) is 4.45. The lowest BCUT2D eigenvalue weighted by Crippen LogP contribution is -2.33. The number of Topliss-reactive ketones (excluding diaryl/α,β-unsaturated/α-hetero) is 1. The van der Waals surface area contributed by atoms with Gasteiger partial charge in [-0.1, -0.05) is 0 Å². The molecule has 24 heavy (non-hydrogen) atoms. The minimum absolute atomic E-state index is 0.0636. The van der Waals surface area contributed by atoms with Gasteiger partial charge in [-0.2, -0.15) is 5.10 Å². The number of hydrogen-bond acceptors (Lipinski definition) is 8. The SMILES string of the molecule is CNC(=O)/C(=N\Nc1cc(C(=O)OC)ccc1C(=O)OC)C(C)=O. The van der Waals surface area contributed by atoms with Crippen LogP contribution in [0.5, 0.6) is 0 Å². The van der Waals surface area contributed by atoms with Crippen molar-refractivity contribution in [3.05, 3.63) is 29.3 Å². The molecule has 1 aromatic carbocycles. The normalized spacial score (nSPS) is 10.6. The highest BCUT2D eigenvalue weighted by Gasteiger charge is 2.18. The van der Waals surface area contributed by atoms with Crippen LogP contribution in [-0.4, -0.2) is 50.6 Å². The predicted octanol–water partition coefficient (Wildman–Crippen LogP) is 0.363. The Hall–Kier alpha value is -3.23.